The lowest BCUT2D eigenvalue weighted by atomic mass is 9.89. The molecule has 0 heterocycles. The van der Waals surface area contributed by atoms with Gasteiger partial charge in [-0.2, -0.15) is 0 Å². The summed E-state index contributed by atoms with van der Waals surface area (Å²) in [6.07, 6.45) is 0. The second-order valence-corrected chi connectivity index (χ2v) is 7.95. The molecular formula is C19H22Br2. The van der Waals surface area contributed by atoms with Crippen LogP contribution in [0.1, 0.15) is 66.6 Å². The molecular weight excluding hydrogens is 388 g/mol. The highest BCUT2D eigenvalue weighted by Crippen LogP contribution is 2.37. The fourth-order valence-electron chi connectivity index (χ4n) is 2.53. The topological polar surface area (TPSA) is 0 Å². The van der Waals surface area contributed by atoms with E-state index >= 15 is 0 Å². The Morgan fingerprint density at radius 2 is 1.48 bits per heavy atom. The Bertz CT molecular complexity index is 615. The van der Waals surface area contributed by atoms with Crippen LogP contribution in [0.3, 0.4) is 0 Å². The van der Waals surface area contributed by atoms with E-state index in [-0.39, 0.29) is 4.83 Å². The lowest BCUT2D eigenvalue weighted by Gasteiger charge is -2.20. The zero-order valence-corrected chi connectivity index (χ0v) is 16.2. The van der Waals surface area contributed by atoms with Crippen molar-refractivity contribution in [2.75, 3.05) is 0 Å². The van der Waals surface area contributed by atoms with E-state index in [1.165, 1.54) is 22.3 Å². The minimum atomic E-state index is 0.230. The molecule has 0 bridgehead atoms. The first-order valence-corrected chi connectivity index (χ1v) is 9.14. The van der Waals surface area contributed by atoms with Crippen LogP contribution in [0.4, 0.5) is 0 Å². The number of hydrogen-bond donors (Lipinski definition) is 0. The van der Waals surface area contributed by atoms with Crippen molar-refractivity contribution in [1.29, 1.82) is 0 Å². The lowest BCUT2D eigenvalue weighted by Crippen LogP contribution is -2.02. The molecule has 21 heavy (non-hydrogen) atoms. The number of benzene rings is 2. The summed E-state index contributed by atoms with van der Waals surface area (Å²) in [5, 5.41) is 0. The molecule has 0 N–H and O–H groups in total. The van der Waals surface area contributed by atoms with Crippen LogP contribution in [0, 0.1) is 0 Å². The van der Waals surface area contributed by atoms with Gasteiger partial charge in [-0.25, -0.2) is 0 Å². The molecule has 2 rings (SSSR count). The molecule has 0 aliphatic carbocycles. The fourth-order valence-corrected chi connectivity index (χ4v) is 3.65. The summed E-state index contributed by atoms with van der Waals surface area (Å²) in [5.41, 5.74) is 5.50. The maximum Gasteiger partial charge on any atom is 0.0647 e. The molecule has 0 spiro atoms. The normalized spacial score (nSPS) is 13.0. The molecule has 0 radical (unpaired) electrons. The van der Waals surface area contributed by atoms with Crippen molar-refractivity contribution in [1.82, 2.24) is 0 Å². The van der Waals surface area contributed by atoms with Crippen molar-refractivity contribution in [2.24, 2.45) is 0 Å². The summed E-state index contributed by atoms with van der Waals surface area (Å²) in [6, 6.07) is 15.4. The Morgan fingerprint density at radius 3 is 2.05 bits per heavy atom. The predicted octanol–water partition coefficient (Wildman–Crippen LogP) is 7.18. The van der Waals surface area contributed by atoms with E-state index in [9.17, 15) is 0 Å². The number of halogens is 2. The monoisotopic (exact) mass is 408 g/mol. The zero-order chi connectivity index (χ0) is 15.6. The maximum absolute atomic E-state index is 3.89. The van der Waals surface area contributed by atoms with E-state index in [2.05, 4.69) is 102 Å². The van der Waals surface area contributed by atoms with Crippen molar-refractivity contribution in [3.63, 3.8) is 0 Å². The van der Waals surface area contributed by atoms with Gasteiger partial charge in [0.2, 0.25) is 0 Å². The van der Waals surface area contributed by atoms with Crippen LogP contribution in [0.2, 0.25) is 0 Å². The van der Waals surface area contributed by atoms with E-state index in [4.69, 9.17) is 0 Å². The molecule has 0 saturated carbocycles. The smallest absolute Gasteiger partial charge is 0.0647 e. The highest BCUT2D eigenvalue weighted by atomic mass is 79.9. The highest BCUT2D eigenvalue weighted by Gasteiger charge is 2.17. The Balaban J connectivity index is 2.47. The van der Waals surface area contributed by atoms with Gasteiger partial charge in [-0.1, -0.05) is 89.9 Å². The third-order valence-corrected chi connectivity index (χ3v) is 5.33. The molecule has 2 heteroatoms. The van der Waals surface area contributed by atoms with Gasteiger partial charge in [-0.05, 0) is 46.2 Å². The summed E-state index contributed by atoms with van der Waals surface area (Å²) in [4.78, 5) is 0.230. The summed E-state index contributed by atoms with van der Waals surface area (Å²) in [5.74, 6) is 1.09. The van der Waals surface area contributed by atoms with Crippen LogP contribution in [0.25, 0.3) is 0 Å². The van der Waals surface area contributed by atoms with Crippen molar-refractivity contribution >= 4 is 31.9 Å². The molecule has 0 nitrogen and oxygen atoms in total. The summed E-state index contributed by atoms with van der Waals surface area (Å²) in [6.45, 7) is 9.03. The first-order chi connectivity index (χ1) is 9.90. The van der Waals surface area contributed by atoms with Gasteiger partial charge in [0.25, 0.3) is 0 Å². The molecule has 0 fully saturated rings. The summed E-state index contributed by atoms with van der Waals surface area (Å²) >= 11 is 7.45. The standard InChI is InChI=1S/C19H22Br2/c1-12(2)14-8-9-17(18(11-14)13(3)4)19(21)15-6-5-7-16(20)10-15/h5-13,19H,1-4H3. The van der Waals surface area contributed by atoms with Crippen LogP contribution >= 0.6 is 31.9 Å². The lowest BCUT2D eigenvalue weighted by molar-refractivity contribution is 0.820. The fraction of sp³-hybridized carbons (Fsp3) is 0.368. The second-order valence-electron chi connectivity index (χ2n) is 6.12. The van der Waals surface area contributed by atoms with E-state index < -0.39 is 0 Å². The molecule has 0 saturated heterocycles. The molecule has 1 atom stereocenters. The first kappa shape index (κ1) is 16.8. The average Bonchev–Trinajstić information content (AvgIpc) is 2.45. The van der Waals surface area contributed by atoms with Crippen LogP contribution in [0.15, 0.2) is 46.9 Å². The maximum atomic E-state index is 3.89. The minimum Gasteiger partial charge on any atom is -0.0786 e. The van der Waals surface area contributed by atoms with Crippen LogP contribution < -0.4 is 0 Å². The molecule has 2 aromatic rings. The molecule has 1 unspecified atom stereocenters. The quantitative estimate of drug-likeness (QED) is 0.469. The number of rotatable bonds is 4. The van der Waals surface area contributed by atoms with E-state index in [0.29, 0.717) is 11.8 Å². The van der Waals surface area contributed by atoms with Crippen LogP contribution in [0.5, 0.6) is 0 Å². The molecule has 2 aromatic carbocycles. The number of alkyl halides is 1. The van der Waals surface area contributed by atoms with Gasteiger partial charge in [0.15, 0.2) is 0 Å². The Hall–Kier alpha value is -0.600. The molecule has 112 valence electrons. The SMILES string of the molecule is CC(C)c1ccc(C(Br)c2cccc(Br)c2)c(C(C)C)c1. The predicted molar refractivity (Wildman–Crippen MR) is 99.5 cm³/mol. The Kier molecular flexibility index (Phi) is 5.67. The van der Waals surface area contributed by atoms with E-state index in [1.807, 2.05) is 0 Å². The first-order valence-electron chi connectivity index (χ1n) is 7.43. The van der Waals surface area contributed by atoms with Crippen molar-refractivity contribution in [2.45, 2.75) is 44.4 Å². The molecule has 0 amide bonds. The van der Waals surface area contributed by atoms with Gasteiger partial charge in [0, 0.05) is 4.47 Å². The van der Waals surface area contributed by atoms with E-state index in [1.54, 1.807) is 0 Å². The third-order valence-electron chi connectivity index (χ3n) is 3.81. The van der Waals surface area contributed by atoms with Crippen molar-refractivity contribution in [3.05, 3.63) is 69.2 Å². The van der Waals surface area contributed by atoms with Crippen LogP contribution in [-0.2, 0) is 0 Å². The van der Waals surface area contributed by atoms with Gasteiger partial charge in [0.1, 0.15) is 0 Å². The van der Waals surface area contributed by atoms with Gasteiger partial charge < -0.3 is 0 Å². The zero-order valence-electron chi connectivity index (χ0n) is 13.0. The number of hydrogen-bond acceptors (Lipinski definition) is 0. The van der Waals surface area contributed by atoms with Gasteiger partial charge in [-0.15, -0.1) is 0 Å². The van der Waals surface area contributed by atoms with Gasteiger partial charge in [-0.3, -0.25) is 0 Å². The van der Waals surface area contributed by atoms with Crippen molar-refractivity contribution in [3.8, 4) is 0 Å². The minimum absolute atomic E-state index is 0.230. The average molecular weight is 410 g/mol. The van der Waals surface area contributed by atoms with Gasteiger partial charge >= 0.3 is 0 Å². The summed E-state index contributed by atoms with van der Waals surface area (Å²) in [7, 11) is 0. The van der Waals surface area contributed by atoms with Crippen molar-refractivity contribution < 1.29 is 0 Å². The molecule has 0 aliphatic rings. The molecule has 0 aromatic heterocycles. The summed E-state index contributed by atoms with van der Waals surface area (Å²) < 4.78 is 1.12. The third kappa shape index (κ3) is 3.98. The van der Waals surface area contributed by atoms with E-state index in [0.717, 1.165) is 4.47 Å². The molecule has 0 aliphatic heterocycles. The van der Waals surface area contributed by atoms with Crippen LogP contribution in [-0.4, -0.2) is 0 Å². The highest BCUT2D eigenvalue weighted by molar-refractivity contribution is 9.10. The Labute approximate surface area is 145 Å². The largest absolute Gasteiger partial charge is 0.0786 e. The second kappa shape index (κ2) is 7.11. The Morgan fingerprint density at radius 1 is 0.762 bits per heavy atom. The van der Waals surface area contributed by atoms with Gasteiger partial charge in [0.05, 0.1) is 4.83 Å².